The van der Waals surface area contributed by atoms with Crippen LogP contribution in [0.5, 0.6) is 5.75 Å². The summed E-state index contributed by atoms with van der Waals surface area (Å²) in [7, 11) is 0. The number of anilines is 1. The number of aromatic nitrogens is 1. The summed E-state index contributed by atoms with van der Waals surface area (Å²) in [5.74, 6) is 1.21. The second-order valence-electron chi connectivity index (χ2n) is 6.56. The monoisotopic (exact) mass is 344 g/mol. The van der Waals surface area contributed by atoms with E-state index in [0.29, 0.717) is 11.3 Å². The third-order valence-electron chi connectivity index (χ3n) is 4.97. The number of rotatable bonds is 3. The van der Waals surface area contributed by atoms with Crippen molar-refractivity contribution >= 4 is 16.6 Å². The van der Waals surface area contributed by atoms with E-state index in [9.17, 15) is 5.11 Å². The average Bonchev–Trinajstić information content (AvgIpc) is 2.71. The number of phenolic OH excluding ortho intramolecular Hbond substituents is 1. The average molecular weight is 344 g/mol. The van der Waals surface area contributed by atoms with Crippen LogP contribution in [0.2, 0.25) is 0 Å². The number of piperazine rings is 1. The van der Waals surface area contributed by atoms with E-state index >= 15 is 0 Å². The molecule has 1 aliphatic rings. The van der Waals surface area contributed by atoms with Crippen molar-refractivity contribution in [1.29, 1.82) is 5.26 Å². The summed E-state index contributed by atoms with van der Waals surface area (Å²) < 4.78 is 0. The lowest BCUT2D eigenvalue weighted by atomic mass is 10.0. The van der Waals surface area contributed by atoms with Gasteiger partial charge in [0, 0.05) is 44.5 Å². The summed E-state index contributed by atoms with van der Waals surface area (Å²) in [5, 5.41) is 21.7. The van der Waals surface area contributed by atoms with Crippen molar-refractivity contribution in [2.45, 2.75) is 6.54 Å². The molecule has 0 amide bonds. The van der Waals surface area contributed by atoms with E-state index in [1.54, 1.807) is 18.3 Å². The first-order chi connectivity index (χ1) is 12.7. The smallest absolute Gasteiger partial charge is 0.129 e. The van der Waals surface area contributed by atoms with Gasteiger partial charge in [0.1, 0.15) is 11.6 Å². The Kier molecular flexibility index (Phi) is 4.42. The largest absolute Gasteiger partial charge is 0.508 e. The SMILES string of the molecule is N#Cc1ccnc(N2CCN(Cc3c(O)ccc4ccccc34)CC2)c1. The number of nitriles is 1. The van der Waals surface area contributed by atoms with Crippen LogP contribution in [0.1, 0.15) is 11.1 Å². The van der Waals surface area contributed by atoms with Crippen molar-refractivity contribution < 1.29 is 5.11 Å². The van der Waals surface area contributed by atoms with E-state index in [1.165, 1.54) is 0 Å². The molecule has 4 rings (SSSR count). The number of benzene rings is 2. The van der Waals surface area contributed by atoms with Crippen LogP contribution >= 0.6 is 0 Å². The minimum absolute atomic E-state index is 0.356. The predicted octanol–water partition coefficient (Wildman–Crippen LogP) is 3.13. The summed E-state index contributed by atoms with van der Waals surface area (Å²) in [5.41, 5.74) is 1.62. The number of hydrogen-bond acceptors (Lipinski definition) is 5. The van der Waals surface area contributed by atoms with Gasteiger partial charge in [-0.15, -0.1) is 0 Å². The van der Waals surface area contributed by atoms with Crippen LogP contribution in [0.4, 0.5) is 5.82 Å². The molecule has 2 heterocycles. The van der Waals surface area contributed by atoms with E-state index in [1.807, 2.05) is 24.3 Å². The summed E-state index contributed by atoms with van der Waals surface area (Å²) in [6, 6.07) is 17.6. The molecule has 1 N–H and O–H groups in total. The van der Waals surface area contributed by atoms with Gasteiger partial charge in [0.05, 0.1) is 11.6 Å². The topological polar surface area (TPSA) is 63.4 Å². The van der Waals surface area contributed by atoms with Gasteiger partial charge in [-0.3, -0.25) is 4.90 Å². The second-order valence-corrected chi connectivity index (χ2v) is 6.56. The van der Waals surface area contributed by atoms with Gasteiger partial charge in [0.25, 0.3) is 0 Å². The third-order valence-corrected chi connectivity index (χ3v) is 4.97. The maximum absolute atomic E-state index is 10.3. The summed E-state index contributed by atoms with van der Waals surface area (Å²) in [6.45, 7) is 4.22. The van der Waals surface area contributed by atoms with Crippen molar-refractivity contribution in [3.05, 3.63) is 65.9 Å². The fraction of sp³-hybridized carbons (Fsp3) is 0.238. The Bertz CT molecular complexity index is 971. The lowest BCUT2D eigenvalue weighted by Gasteiger charge is -2.35. The summed E-state index contributed by atoms with van der Waals surface area (Å²) in [6.07, 6.45) is 1.69. The lowest BCUT2D eigenvalue weighted by molar-refractivity contribution is 0.247. The molecule has 0 atom stereocenters. The number of nitrogens with zero attached hydrogens (tertiary/aromatic N) is 4. The number of phenols is 1. The van der Waals surface area contributed by atoms with Gasteiger partial charge in [-0.1, -0.05) is 30.3 Å². The molecule has 0 spiro atoms. The molecule has 1 aliphatic heterocycles. The van der Waals surface area contributed by atoms with Crippen LogP contribution in [-0.2, 0) is 6.54 Å². The molecule has 0 unspecified atom stereocenters. The number of hydrogen-bond donors (Lipinski definition) is 1. The van der Waals surface area contributed by atoms with Gasteiger partial charge >= 0.3 is 0 Å². The van der Waals surface area contributed by atoms with Crippen molar-refractivity contribution in [2.75, 3.05) is 31.1 Å². The number of fused-ring (bicyclic) bond motifs is 1. The van der Waals surface area contributed by atoms with E-state index in [4.69, 9.17) is 5.26 Å². The first-order valence-corrected chi connectivity index (χ1v) is 8.77. The Morgan fingerprint density at radius 1 is 1.04 bits per heavy atom. The zero-order valence-corrected chi connectivity index (χ0v) is 14.5. The standard InChI is InChI=1S/C21H20N4O/c22-14-16-7-8-23-21(13-16)25-11-9-24(10-12-25)15-19-18-4-2-1-3-17(18)5-6-20(19)26/h1-8,13,26H,9-12,15H2. The van der Waals surface area contributed by atoms with E-state index in [2.05, 4.69) is 33.0 Å². The highest BCUT2D eigenvalue weighted by molar-refractivity contribution is 5.87. The van der Waals surface area contributed by atoms with E-state index in [0.717, 1.165) is 54.9 Å². The zero-order valence-electron chi connectivity index (χ0n) is 14.5. The molecule has 0 aliphatic carbocycles. The van der Waals surface area contributed by atoms with Gasteiger partial charge in [-0.25, -0.2) is 4.98 Å². The van der Waals surface area contributed by atoms with Crippen LogP contribution in [-0.4, -0.2) is 41.2 Å². The molecule has 26 heavy (non-hydrogen) atoms. The molecular formula is C21H20N4O. The Balaban J connectivity index is 1.48. The zero-order chi connectivity index (χ0) is 17.9. The van der Waals surface area contributed by atoms with Crippen LogP contribution in [0.25, 0.3) is 10.8 Å². The molecular weight excluding hydrogens is 324 g/mol. The lowest BCUT2D eigenvalue weighted by Crippen LogP contribution is -2.46. The molecule has 1 saturated heterocycles. The van der Waals surface area contributed by atoms with Gasteiger partial charge < -0.3 is 10.0 Å². The Morgan fingerprint density at radius 3 is 2.65 bits per heavy atom. The first kappa shape index (κ1) is 16.4. The van der Waals surface area contributed by atoms with Crippen LogP contribution in [0.3, 0.4) is 0 Å². The fourth-order valence-electron chi connectivity index (χ4n) is 3.51. The minimum Gasteiger partial charge on any atom is -0.508 e. The molecule has 0 bridgehead atoms. The molecule has 130 valence electrons. The highest BCUT2D eigenvalue weighted by Crippen LogP contribution is 2.28. The molecule has 1 aromatic heterocycles. The van der Waals surface area contributed by atoms with Crippen molar-refractivity contribution in [3.63, 3.8) is 0 Å². The van der Waals surface area contributed by atoms with Gasteiger partial charge in [-0.2, -0.15) is 5.26 Å². The van der Waals surface area contributed by atoms with Crippen molar-refractivity contribution in [2.24, 2.45) is 0 Å². The number of pyridine rings is 1. The third kappa shape index (κ3) is 3.19. The van der Waals surface area contributed by atoms with Gasteiger partial charge in [0.2, 0.25) is 0 Å². The highest BCUT2D eigenvalue weighted by Gasteiger charge is 2.20. The molecule has 0 saturated carbocycles. The van der Waals surface area contributed by atoms with Crippen molar-refractivity contribution in [3.8, 4) is 11.8 Å². The quantitative estimate of drug-likeness (QED) is 0.791. The maximum Gasteiger partial charge on any atom is 0.129 e. The fourth-order valence-corrected chi connectivity index (χ4v) is 3.51. The minimum atomic E-state index is 0.356. The van der Waals surface area contributed by atoms with Crippen LogP contribution < -0.4 is 4.90 Å². The summed E-state index contributed by atoms with van der Waals surface area (Å²) in [4.78, 5) is 8.95. The Morgan fingerprint density at radius 2 is 1.85 bits per heavy atom. The van der Waals surface area contributed by atoms with Gasteiger partial charge in [-0.05, 0) is 29.0 Å². The molecule has 1 fully saturated rings. The highest BCUT2D eigenvalue weighted by atomic mass is 16.3. The van der Waals surface area contributed by atoms with E-state index in [-0.39, 0.29) is 0 Å². The Hall–Kier alpha value is -3.10. The first-order valence-electron chi connectivity index (χ1n) is 8.77. The molecule has 2 aromatic carbocycles. The van der Waals surface area contributed by atoms with Crippen LogP contribution in [0.15, 0.2) is 54.7 Å². The summed E-state index contributed by atoms with van der Waals surface area (Å²) >= 11 is 0. The van der Waals surface area contributed by atoms with E-state index < -0.39 is 0 Å². The molecule has 3 aromatic rings. The molecule has 5 nitrogen and oxygen atoms in total. The molecule has 0 radical (unpaired) electrons. The number of aromatic hydroxyl groups is 1. The second kappa shape index (κ2) is 7.03. The maximum atomic E-state index is 10.3. The molecule has 5 heteroatoms. The van der Waals surface area contributed by atoms with Crippen molar-refractivity contribution in [1.82, 2.24) is 9.88 Å². The normalized spacial score (nSPS) is 15.1. The van der Waals surface area contributed by atoms with Crippen LogP contribution in [0, 0.1) is 11.3 Å². The predicted molar refractivity (Wildman–Crippen MR) is 102 cm³/mol. The van der Waals surface area contributed by atoms with Gasteiger partial charge in [0.15, 0.2) is 0 Å². The Labute approximate surface area is 152 Å².